The Labute approximate surface area is 129 Å². The van der Waals surface area contributed by atoms with Gasteiger partial charge in [0, 0.05) is 16.7 Å². The van der Waals surface area contributed by atoms with Gasteiger partial charge < -0.3 is 10.5 Å². The number of anilines is 1. The van der Waals surface area contributed by atoms with Crippen LogP contribution in [0.4, 0.5) is 5.69 Å². The number of hydrogen-bond acceptors (Lipinski definition) is 4. The summed E-state index contributed by atoms with van der Waals surface area (Å²) in [5.41, 5.74) is 9.39. The van der Waals surface area contributed by atoms with E-state index in [0.29, 0.717) is 17.2 Å². The van der Waals surface area contributed by atoms with Crippen LogP contribution in [0, 0.1) is 0 Å². The van der Waals surface area contributed by atoms with Crippen molar-refractivity contribution in [2.75, 3.05) is 12.3 Å². The lowest BCUT2D eigenvalue weighted by molar-refractivity contribution is -0.137. The third kappa shape index (κ3) is 3.89. The summed E-state index contributed by atoms with van der Waals surface area (Å²) in [4.78, 5) is 12.1. The molecule has 0 aromatic heterocycles. The number of carbonyl (C=O) groups excluding carboxylic acids is 1. The van der Waals surface area contributed by atoms with Gasteiger partial charge in [0.05, 0.1) is 6.61 Å². The average molecular weight is 299 g/mol. The minimum Gasteiger partial charge on any atom is -0.463 e. The summed E-state index contributed by atoms with van der Waals surface area (Å²) in [5, 5.41) is 0. The molecule has 0 aliphatic heterocycles. The van der Waals surface area contributed by atoms with Crippen LogP contribution in [0.3, 0.4) is 0 Å². The first-order valence-corrected chi connectivity index (χ1v) is 7.09. The lowest BCUT2D eigenvalue weighted by Crippen LogP contribution is -1.99. The summed E-state index contributed by atoms with van der Waals surface area (Å²) in [6.45, 7) is 2.12. The van der Waals surface area contributed by atoms with Gasteiger partial charge in [0.25, 0.3) is 0 Å². The van der Waals surface area contributed by atoms with Crippen LogP contribution in [0.2, 0.25) is 0 Å². The second-order valence-electron chi connectivity index (χ2n) is 4.45. The molecule has 108 valence electrons. The highest BCUT2D eigenvalue weighted by molar-refractivity contribution is 7.80. The maximum Gasteiger partial charge on any atom is 0.330 e. The van der Waals surface area contributed by atoms with Gasteiger partial charge in [0.1, 0.15) is 0 Å². The number of nitrogen functional groups attached to an aromatic ring is 1. The molecule has 0 saturated heterocycles. The first-order valence-electron chi connectivity index (χ1n) is 6.64. The zero-order valence-corrected chi connectivity index (χ0v) is 12.6. The Morgan fingerprint density at radius 3 is 2.62 bits per heavy atom. The summed E-state index contributed by atoms with van der Waals surface area (Å²) < 4.78 is 4.87. The highest BCUT2D eigenvalue weighted by Crippen LogP contribution is 2.30. The molecule has 0 unspecified atom stereocenters. The molecule has 0 spiro atoms. The summed E-state index contributed by atoms with van der Waals surface area (Å²) in [5.74, 6) is -0.381. The molecule has 4 heteroatoms. The Balaban J connectivity index is 2.38. The molecule has 0 aliphatic carbocycles. The van der Waals surface area contributed by atoms with Gasteiger partial charge in [-0.2, -0.15) is 0 Å². The van der Waals surface area contributed by atoms with Crippen LogP contribution < -0.4 is 5.73 Å². The first kappa shape index (κ1) is 15.2. The number of esters is 1. The van der Waals surface area contributed by atoms with Crippen LogP contribution in [0.1, 0.15) is 12.5 Å². The Kier molecular flexibility index (Phi) is 5.06. The van der Waals surface area contributed by atoms with Gasteiger partial charge in [-0.05, 0) is 41.8 Å². The number of hydrogen-bond donors (Lipinski definition) is 2. The molecule has 2 N–H and O–H groups in total. The van der Waals surface area contributed by atoms with Crippen molar-refractivity contribution in [2.24, 2.45) is 0 Å². The van der Waals surface area contributed by atoms with Crippen molar-refractivity contribution in [3.63, 3.8) is 0 Å². The zero-order chi connectivity index (χ0) is 15.2. The summed E-state index contributed by atoms with van der Waals surface area (Å²) >= 11 is 4.40. The number of benzene rings is 2. The molecule has 0 radical (unpaired) electrons. The third-order valence-electron chi connectivity index (χ3n) is 2.96. The van der Waals surface area contributed by atoms with E-state index in [2.05, 4.69) is 12.6 Å². The van der Waals surface area contributed by atoms with E-state index in [9.17, 15) is 4.79 Å². The highest BCUT2D eigenvalue weighted by Gasteiger charge is 2.06. The van der Waals surface area contributed by atoms with Crippen molar-refractivity contribution in [1.82, 2.24) is 0 Å². The minimum absolute atomic E-state index is 0.350. The maximum absolute atomic E-state index is 11.4. The van der Waals surface area contributed by atoms with Gasteiger partial charge in [-0.1, -0.05) is 30.3 Å². The topological polar surface area (TPSA) is 52.3 Å². The molecule has 0 heterocycles. The van der Waals surface area contributed by atoms with E-state index in [1.165, 1.54) is 6.08 Å². The predicted molar refractivity (Wildman–Crippen MR) is 89.2 cm³/mol. The molecule has 0 atom stereocenters. The Hall–Kier alpha value is -2.20. The van der Waals surface area contributed by atoms with Gasteiger partial charge in [-0.25, -0.2) is 4.79 Å². The largest absolute Gasteiger partial charge is 0.463 e. The van der Waals surface area contributed by atoms with E-state index >= 15 is 0 Å². The molecule has 2 aromatic carbocycles. The van der Waals surface area contributed by atoms with Gasteiger partial charge >= 0.3 is 5.97 Å². The van der Waals surface area contributed by atoms with Gasteiger partial charge in [-0.3, -0.25) is 0 Å². The average Bonchev–Trinajstić information content (AvgIpc) is 2.50. The van der Waals surface area contributed by atoms with Gasteiger partial charge in [0.2, 0.25) is 0 Å². The van der Waals surface area contributed by atoms with Crippen molar-refractivity contribution in [1.29, 1.82) is 0 Å². The number of ether oxygens (including phenoxy) is 1. The van der Waals surface area contributed by atoms with E-state index in [1.807, 2.05) is 42.5 Å². The number of nitrogens with two attached hydrogens (primary N) is 1. The van der Waals surface area contributed by atoms with E-state index in [4.69, 9.17) is 10.5 Å². The van der Waals surface area contributed by atoms with Crippen LogP contribution in [0.5, 0.6) is 0 Å². The summed E-state index contributed by atoms with van der Waals surface area (Å²) in [6, 6.07) is 13.7. The van der Waals surface area contributed by atoms with Crippen molar-refractivity contribution in [3.05, 3.63) is 54.1 Å². The van der Waals surface area contributed by atoms with Crippen LogP contribution in [-0.2, 0) is 9.53 Å². The number of thiol groups is 1. The quantitative estimate of drug-likeness (QED) is 0.391. The molecule has 0 bridgehead atoms. The van der Waals surface area contributed by atoms with Crippen molar-refractivity contribution < 1.29 is 9.53 Å². The zero-order valence-electron chi connectivity index (χ0n) is 11.7. The lowest BCUT2D eigenvalue weighted by Gasteiger charge is -2.09. The fourth-order valence-corrected chi connectivity index (χ4v) is 2.16. The smallest absolute Gasteiger partial charge is 0.330 e. The molecule has 0 amide bonds. The molecular formula is C17H17NO2S. The fraction of sp³-hybridized carbons (Fsp3) is 0.118. The molecular weight excluding hydrogens is 282 g/mol. The maximum atomic E-state index is 11.4. The third-order valence-corrected chi connectivity index (χ3v) is 3.48. The van der Waals surface area contributed by atoms with Crippen LogP contribution in [0.15, 0.2) is 53.4 Å². The Morgan fingerprint density at radius 1 is 1.24 bits per heavy atom. The molecule has 2 aromatic rings. The lowest BCUT2D eigenvalue weighted by atomic mass is 10.0. The van der Waals surface area contributed by atoms with Crippen LogP contribution >= 0.6 is 12.6 Å². The van der Waals surface area contributed by atoms with Crippen molar-refractivity contribution in [2.45, 2.75) is 11.8 Å². The van der Waals surface area contributed by atoms with Crippen molar-refractivity contribution in [3.8, 4) is 11.1 Å². The van der Waals surface area contributed by atoms with E-state index in [0.717, 1.165) is 16.7 Å². The van der Waals surface area contributed by atoms with Crippen LogP contribution in [0.25, 0.3) is 17.2 Å². The van der Waals surface area contributed by atoms with Crippen LogP contribution in [-0.4, -0.2) is 12.6 Å². The predicted octanol–water partition coefficient (Wildman–Crippen LogP) is 3.80. The summed E-state index contributed by atoms with van der Waals surface area (Å²) in [6.07, 6.45) is 3.05. The van der Waals surface area contributed by atoms with E-state index in [1.54, 1.807) is 13.0 Å². The fourth-order valence-electron chi connectivity index (χ4n) is 1.95. The van der Waals surface area contributed by atoms with E-state index < -0.39 is 0 Å². The van der Waals surface area contributed by atoms with Gasteiger partial charge in [0.15, 0.2) is 0 Å². The summed E-state index contributed by atoms with van der Waals surface area (Å²) in [7, 11) is 0. The second kappa shape index (κ2) is 6.99. The van der Waals surface area contributed by atoms with Gasteiger partial charge in [-0.15, -0.1) is 12.6 Å². The monoisotopic (exact) mass is 299 g/mol. The number of carbonyl (C=O) groups is 1. The first-order chi connectivity index (χ1) is 10.1. The normalized spacial score (nSPS) is 10.8. The Bertz CT molecular complexity index is 666. The molecule has 21 heavy (non-hydrogen) atoms. The highest BCUT2D eigenvalue weighted by atomic mass is 32.1. The standard InChI is InChI=1S/C17H17NO2S/c1-2-20-16(19)9-8-13-10-14(11-15(18)17(13)21)12-6-4-3-5-7-12/h3-11,21H,2,18H2,1H3. The second-order valence-corrected chi connectivity index (χ2v) is 4.90. The SMILES string of the molecule is CCOC(=O)C=Cc1cc(-c2ccccc2)cc(N)c1S. The van der Waals surface area contributed by atoms with Crippen molar-refractivity contribution >= 4 is 30.4 Å². The molecule has 0 fully saturated rings. The molecule has 2 rings (SSSR count). The molecule has 3 nitrogen and oxygen atoms in total. The molecule has 0 aliphatic rings. The van der Waals surface area contributed by atoms with E-state index in [-0.39, 0.29) is 5.97 Å². The Morgan fingerprint density at radius 2 is 1.95 bits per heavy atom. The number of rotatable bonds is 4. The molecule has 0 saturated carbocycles. The minimum atomic E-state index is -0.381.